The highest BCUT2D eigenvalue weighted by molar-refractivity contribution is 6.30. The van der Waals surface area contributed by atoms with Gasteiger partial charge in [0.15, 0.2) is 0 Å². The number of anilines is 1. The standard InChI is InChI=1S/C19H22ClNO3/c1-4-9-24-12-15-11-14(5-8-18(15)23-3)19(22)21-17-7-6-16(20)10-13(17)2/h5-8,10-11H,4,9,12H2,1-3H3,(H,21,22). The first-order valence-corrected chi connectivity index (χ1v) is 8.25. The average Bonchev–Trinajstić information content (AvgIpc) is 2.57. The summed E-state index contributed by atoms with van der Waals surface area (Å²) in [6.45, 7) is 5.04. The highest BCUT2D eigenvalue weighted by atomic mass is 35.5. The fourth-order valence-corrected chi connectivity index (χ4v) is 2.55. The number of hydrogen-bond donors (Lipinski definition) is 1. The van der Waals surface area contributed by atoms with Gasteiger partial charge < -0.3 is 14.8 Å². The first kappa shape index (κ1) is 18.3. The third kappa shape index (κ3) is 4.73. The van der Waals surface area contributed by atoms with Gasteiger partial charge in [-0.15, -0.1) is 0 Å². The topological polar surface area (TPSA) is 47.6 Å². The number of benzene rings is 2. The van der Waals surface area contributed by atoms with E-state index in [1.807, 2.05) is 13.0 Å². The van der Waals surface area contributed by atoms with Crippen LogP contribution in [0.3, 0.4) is 0 Å². The molecular formula is C19H22ClNO3. The van der Waals surface area contributed by atoms with Gasteiger partial charge in [-0.3, -0.25) is 4.79 Å². The average molecular weight is 348 g/mol. The fourth-order valence-electron chi connectivity index (χ4n) is 2.32. The van der Waals surface area contributed by atoms with Crippen molar-refractivity contribution in [3.05, 3.63) is 58.1 Å². The Hall–Kier alpha value is -2.04. The van der Waals surface area contributed by atoms with Crippen LogP contribution in [-0.2, 0) is 11.3 Å². The number of carbonyl (C=O) groups excluding carboxylic acids is 1. The molecule has 24 heavy (non-hydrogen) atoms. The van der Waals surface area contributed by atoms with Gasteiger partial charge >= 0.3 is 0 Å². The lowest BCUT2D eigenvalue weighted by atomic mass is 10.1. The van der Waals surface area contributed by atoms with Crippen LogP contribution in [0.25, 0.3) is 0 Å². The van der Waals surface area contributed by atoms with Gasteiger partial charge in [0.05, 0.1) is 13.7 Å². The molecule has 128 valence electrons. The third-order valence-corrected chi connectivity index (χ3v) is 3.82. The van der Waals surface area contributed by atoms with E-state index in [0.29, 0.717) is 29.5 Å². The van der Waals surface area contributed by atoms with Gasteiger partial charge in [0.25, 0.3) is 5.91 Å². The molecule has 0 bridgehead atoms. The molecule has 0 saturated heterocycles. The molecule has 0 fully saturated rings. The molecule has 0 aliphatic carbocycles. The van der Waals surface area contributed by atoms with Gasteiger partial charge in [-0.2, -0.15) is 0 Å². The normalized spacial score (nSPS) is 10.5. The quantitative estimate of drug-likeness (QED) is 0.729. The molecule has 2 rings (SSSR count). The lowest BCUT2D eigenvalue weighted by Gasteiger charge is -2.12. The Morgan fingerprint density at radius 3 is 2.67 bits per heavy atom. The third-order valence-electron chi connectivity index (χ3n) is 3.59. The molecule has 0 aliphatic rings. The molecule has 0 spiro atoms. The molecule has 0 unspecified atom stereocenters. The SMILES string of the molecule is CCCOCc1cc(C(=O)Nc2ccc(Cl)cc2C)ccc1OC. The number of rotatable bonds is 7. The van der Waals surface area contributed by atoms with Crippen molar-refractivity contribution in [3.8, 4) is 5.75 Å². The van der Waals surface area contributed by atoms with E-state index in [4.69, 9.17) is 21.1 Å². The van der Waals surface area contributed by atoms with Crippen molar-refractivity contribution < 1.29 is 14.3 Å². The molecule has 0 atom stereocenters. The molecule has 0 radical (unpaired) electrons. The number of hydrogen-bond acceptors (Lipinski definition) is 3. The van der Waals surface area contributed by atoms with Crippen LogP contribution < -0.4 is 10.1 Å². The van der Waals surface area contributed by atoms with E-state index in [9.17, 15) is 4.79 Å². The fraction of sp³-hybridized carbons (Fsp3) is 0.316. The lowest BCUT2D eigenvalue weighted by molar-refractivity contribution is 0.102. The van der Waals surface area contributed by atoms with Crippen molar-refractivity contribution >= 4 is 23.2 Å². The molecule has 0 aliphatic heterocycles. The summed E-state index contributed by atoms with van der Waals surface area (Å²) in [4.78, 5) is 12.5. The molecular weight excluding hydrogens is 326 g/mol. The second-order valence-electron chi connectivity index (χ2n) is 5.49. The van der Waals surface area contributed by atoms with Crippen LogP contribution in [0.15, 0.2) is 36.4 Å². The van der Waals surface area contributed by atoms with E-state index < -0.39 is 0 Å². The summed E-state index contributed by atoms with van der Waals surface area (Å²) < 4.78 is 10.9. The zero-order valence-electron chi connectivity index (χ0n) is 14.2. The largest absolute Gasteiger partial charge is 0.496 e. The summed E-state index contributed by atoms with van der Waals surface area (Å²) in [5, 5.41) is 3.55. The van der Waals surface area contributed by atoms with Gasteiger partial charge in [-0.1, -0.05) is 18.5 Å². The Balaban J connectivity index is 2.17. The number of carbonyl (C=O) groups is 1. The van der Waals surface area contributed by atoms with Gasteiger partial charge in [-0.25, -0.2) is 0 Å². The van der Waals surface area contributed by atoms with Crippen molar-refractivity contribution in [1.82, 2.24) is 0 Å². The summed E-state index contributed by atoms with van der Waals surface area (Å²) in [7, 11) is 1.61. The van der Waals surface area contributed by atoms with Crippen LogP contribution >= 0.6 is 11.6 Å². The molecule has 0 heterocycles. The summed E-state index contributed by atoms with van der Waals surface area (Å²) in [5.41, 5.74) is 3.06. The van der Waals surface area contributed by atoms with Crippen LogP contribution in [0.4, 0.5) is 5.69 Å². The molecule has 1 amide bonds. The summed E-state index contributed by atoms with van der Waals surface area (Å²) in [6, 6.07) is 10.7. The molecule has 0 aromatic heterocycles. The molecule has 0 saturated carbocycles. The van der Waals surface area contributed by atoms with E-state index in [-0.39, 0.29) is 5.91 Å². The van der Waals surface area contributed by atoms with Gasteiger partial charge in [0.1, 0.15) is 5.75 Å². The number of halogens is 1. The van der Waals surface area contributed by atoms with Crippen LogP contribution in [0, 0.1) is 6.92 Å². The van der Waals surface area contributed by atoms with E-state index in [2.05, 4.69) is 12.2 Å². The van der Waals surface area contributed by atoms with Crippen molar-refractivity contribution in [3.63, 3.8) is 0 Å². The number of methoxy groups -OCH3 is 1. The first-order valence-electron chi connectivity index (χ1n) is 7.87. The minimum absolute atomic E-state index is 0.181. The Labute approximate surface area is 147 Å². The van der Waals surface area contributed by atoms with Crippen molar-refractivity contribution in [2.75, 3.05) is 19.0 Å². The molecule has 2 aromatic rings. The Bertz CT molecular complexity index is 716. The van der Waals surface area contributed by atoms with E-state index in [1.54, 1.807) is 37.4 Å². The number of ether oxygens (including phenoxy) is 2. The monoisotopic (exact) mass is 347 g/mol. The van der Waals surface area contributed by atoms with Crippen molar-refractivity contribution in [2.45, 2.75) is 26.9 Å². The predicted molar refractivity (Wildman–Crippen MR) is 97.1 cm³/mol. The van der Waals surface area contributed by atoms with Crippen LogP contribution in [0.2, 0.25) is 5.02 Å². The first-order chi connectivity index (χ1) is 11.5. The highest BCUT2D eigenvalue weighted by Gasteiger charge is 2.12. The molecule has 4 nitrogen and oxygen atoms in total. The maximum Gasteiger partial charge on any atom is 0.255 e. The van der Waals surface area contributed by atoms with Crippen LogP contribution in [0.5, 0.6) is 5.75 Å². The summed E-state index contributed by atoms with van der Waals surface area (Å²) >= 11 is 5.94. The molecule has 2 aromatic carbocycles. The predicted octanol–water partition coefficient (Wildman–Crippen LogP) is 4.84. The zero-order chi connectivity index (χ0) is 17.5. The van der Waals surface area contributed by atoms with Gasteiger partial charge in [-0.05, 0) is 55.3 Å². The summed E-state index contributed by atoms with van der Waals surface area (Å²) in [5.74, 6) is 0.533. The van der Waals surface area contributed by atoms with E-state index in [1.165, 1.54) is 0 Å². The zero-order valence-corrected chi connectivity index (χ0v) is 14.9. The minimum atomic E-state index is -0.181. The van der Waals surface area contributed by atoms with Gasteiger partial charge in [0.2, 0.25) is 0 Å². The van der Waals surface area contributed by atoms with Crippen LogP contribution in [-0.4, -0.2) is 19.6 Å². The number of aryl methyl sites for hydroxylation is 1. The number of amides is 1. The second kappa shape index (κ2) is 8.71. The lowest BCUT2D eigenvalue weighted by Crippen LogP contribution is -2.13. The Morgan fingerprint density at radius 1 is 1.21 bits per heavy atom. The van der Waals surface area contributed by atoms with Crippen molar-refractivity contribution in [2.24, 2.45) is 0 Å². The van der Waals surface area contributed by atoms with Crippen molar-refractivity contribution in [1.29, 1.82) is 0 Å². The smallest absolute Gasteiger partial charge is 0.255 e. The second-order valence-corrected chi connectivity index (χ2v) is 5.93. The van der Waals surface area contributed by atoms with Gasteiger partial charge in [0, 0.05) is 28.4 Å². The Kier molecular flexibility index (Phi) is 6.64. The minimum Gasteiger partial charge on any atom is -0.496 e. The van der Waals surface area contributed by atoms with Crippen LogP contribution in [0.1, 0.15) is 34.8 Å². The molecule has 1 N–H and O–H groups in total. The maximum atomic E-state index is 12.5. The Morgan fingerprint density at radius 2 is 2.00 bits per heavy atom. The highest BCUT2D eigenvalue weighted by Crippen LogP contribution is 2.23. The number of nitrogens with one attached hydrogen (secondary N) is 1. The van der Waals surface area contributed by atoms with E-state index >= 15 is 0 Å². The molecule has 5 heteroatoms. The van der Waals surface area contributed by atoms with E-state index in [0.717, 1.165) is 23.2 Å². The maximum absolute atomic E-state index is 12.5. The summed E-state index contributed by atoms with van der Waals surface area (Å²) in [6.07, 6.45) is 0.943.